The Morgan fingerprint density at radius 3 is 2.53 bits per heavy atom. The average molecular weight is 277 g/mol. The van der Waals surface area contributed by atoms with Crippen LogP contribution in [0.25, 0.3) is 0 Å². The lowest BCUT2D eigenvalue weighted by Gasteiger charge is -2.17. The monoisotopic (exact) mass is 277 g/mol. The lowest BCUT2D eigenvalue weighted by molar-refractivity contribution is 0.733. The Hall–Kier alpha value is -1.69. The Balaban J connectivity index is 2.26. The number of aryl methyl sites for hydroxylation is 3. The van der Waals surface area contributed by atoms with Crippen LogP contribution in [0.5, 0.6) is 0 Å². The van der Waals surface area contributed by atoms with Gasteiger partial charge in [-0.05, 0) is 38.8 Å². The summed E-state index contributed by atoms with van der Waals surface area (Å²) < 4.78 is 0. The number of anilines is 2. The maximum Gasteiger partial charge on any atom is 0.228 e. The van der Waals surface area contributed by atoms with E-state index in [1.54, 1.807) is 0 Å². The largest absolute Gasteiger partial charge is 0.368 e. The number of nitrogens with one attached hydrogen (secondary N) is 1. The zero-order valence-corrected chi connectivity index (χ0v) is 12.5. The molecular formula is C13H19N5S. The smallest absolute Gasteiger partial charge is 0.228 e. The van der Waals surface area contributed by atoms with Crippen molar-refractivity contribution in [2.24, 2.45) is 0 Å². The molecule has 0 aliphatic rings. The molecule has 2 aromatic heterocycles. The molecule has 0 aromatic carbocycles. The number of nitrogens with zero attached hydrogens (tertiary/aromatic N) is 3. The van der Waals surface area contributed by atoms with Crippen LogP contribution in [-0.4, -0.2) is 15.0 Å². The summed E-state index contributed by atoms with van der Waals surface area (Å²) in [7, 11) is 0. The number of rotatable bonds is 4. The van der Waals surface area contributed by atoms with Gasteiger partial charge in [-0.15, -0.1) is 11.3 Å². The molecule has 0 fully saturated rings. The van der Waals surface area contributed by atoms with E-state index in [0.717, 1.165) is 6.42 Å². The van der Waals surface area contributed by atoms with Gasteiger partial charge in [0, 0.05) is 9.75 Å². The quantitative estimate of drug-likeness (QED) is 0.898. The van der Waals surface area contributed by atoms with Crippen LogP contribution in [0.4, 0.5) is 11.9 Å². The van der Waals surface area contributed by atoms with Gasteiger partial charge in [0.25, 0.3) is 0 Å². The van der Waals surface area contributed by atoms with Crippen molar-refractivity contribution in [2.45, 2.75) is 40.2 Å². The first kappa shape index (κ1) is 13.7. The minimum absolute atomic E-state index is 0.200. The molecule has 0 saturated carbocycles. The third-order valence-corrected chi connectivity index (χ3v) is 3.91. The summed E-state index contributed by atoms with van der Waals surface area (Å²) in [5.74, 6) is 1.42. The minimum Gasteiger partial charge on any atom is -0.368 e. The first-order chi connectivity index (χ1) is 8.99. The fourth-order valence-electron chi connectivity index (χ4n) is 2.12. The number of aromatic nitrogens is 3. The summed E-state index contributed by atoms with van der Waals surface area (Å²) in [5, 5.41) is 3.35. The highest BCUT2D eigenvalue weighted by molar-refractivity contribution is 7.12. The summed E-state index contributed by atoms with van der Waals surface area (Å²) in [5.41, 5.74) is 6.96. The van der Waals surface area contributed by atoms with Crippen molar-refractivity contribution < 1.29 is 0 Å². The maximum atomic E-state index is 5.65. The topological polar surface area (TPSA) is 76.7 Å². The highest BCUT2D eigenvalue weighted by Gasteiger charge is 2.15. The van der Waals surface area contributed by atoms with Gasteiger partial charge >= 0.3 is 0 Å². The van der Waals surface area contributed by atoms with E-state index in [2.05, 4.69) is 47.1 Å². The Kier molecular flexibility index (Phi) is 3.99. The summed E-state index contributed by atoms with van der Waals surface area (Å²) >= 11 is 1.81. The summed E-state index contributed by atoms with van der Waals surface area (Å²) in [6.07, 6.45) is 0.960. The maximum absolute atomic E-state index is 5.65. The van der Waals surface area contributed by atoms with E-state index in [0.29, 0.717) is 11.8 Å². The number of nitrogen functional groups attached to an aromatic ring is 1. The molecule has 0 spiro atoms. The highest BCUT2D eigenvalue weighted by Crippen LogP contribution is 2.30. The minimum atomic E-state index is 0.200. The van der Waals surface area contributed by atoms with Gasteiger partial charge in [0.05, 0.1) is 6.04 Å². The molecule has 0 bridgehead atoms. The molecule has 1 unspecified atom stereocenters. The van der Waals surface area contributed by atoms with Gasteiger partial charge in [-0.1, -0.05) is 6.92 Å². The predicted octanol–water partition coefficient (Wildman–Crippen LogP) is 3.00. The van der Waals surface area contributed by atoms with Crippen LogP contribution in [-0.2, 0) is 0 Å². The van der Waals surface area contributed by atoms with Gasteiger partial charge in [0.2, 0.25) is 11.9 Å². The molecule has 102 valence electrons. The van der Waals surface area contributed by atoms with E-state index in [4.69, 9.17) is 5.73 Å². The predicted molar refractivity (Wildman–Crippen MR) is 79.4 cm³/mol. The zero-order valence-electron chi connectivity index (χ0n) is 11.7. The number of hydrogen-bond donors (Lipinski definition) is 2. The molecule has 0 aliphatic heterocycles. The van der Waals surface area contributed by atoms with Crippen molar-refractivity contribution in [3.8, 4) is 0 Å². The Morgan fingerprint density at radius 1 is 1.26 bits per heavy atom. The van der Waals surface area contributed by atoms with E-state index < -0.39 is 0 Å². The van der Waals surface area contributed by atoms with Crippen molar-refractivity contribution in [2.75, 3.05) is 11.1 Å². The van der Waals surface area contributed by atoms with E-state index in [-0.39, 0.29) is 12.0 Å². The van der Waals surface area contributed by atoms with E-state index >= 15 is 0 Å². The molecule has 0 amide bonds. The molecule has 6 heteroatoms. The molecule has 2 rings (SSSR count). The number of nitrogens with two attached hydrogens (primary N) is 1. The Morgan fingerprint density at radius 2 is 2.00 bits per heavy atom. The lowest BCUT2D eigenvalue weighted by Crippen LogP contribution is -2.14. The molecule has 5 nitrogen and oxygen atoms in total. The van der Waals surface area contributed by atoms with Gasteiger partial charge in [-0.3, -0.25) is 0 Å². The zero-order chi connectivity index (χ0) is 14.0. The van der Waals surface area contributed by atoms with Gasteiger partial charge in [-0.25, -0.2) is 0 Å². The van der Waals surface area contributed by atoms with Crippen LogP contribution < -0.4 is 11.1 Å². The van der Waals surface area contributed by atoms with Crippen LogP contribution in [0.1, 0.15) is 40.5 Å². The van der Waals surface area contributed by atoms with Crippen molar-refractivity contribution >= 4 is 23.2 Å². The third-order valence-electron chi connectivity index (χ3n) is 2.93. The summed E-state index contributed by atoms with van der Waals surface area (Å²) in [6.45, 7) is 8.22. The first-order valence-corrected chi connectivity index (χ1v) is 7.13. The number of hydrogen-bond acceptors (Lipinski definition) is 6. The molecule has 19 heavy (non-hydrogen) atoms. The fraction of sp³-hybridized carbons (Fsp3) is 0.462. The first-order valence-electron chi connectivity index (χ1n) is 6.31. The molecule has 0 saturated heterocycles. The van der Waals surface area contributed by atoms with Gasteiger partial charge in [0.15, 0.2) is 0 Å². The van der Waals surface area contributed by atoms with Gasteiger partial charge in [-0.2, -0.15) is 15.0 Å². The van der Waals surface area contributed by atoms with Crippen molar-refractivity contribution in [1.82, 2.24) is 15.0 Å². The van der Waals surface area contributed by atoms with Crippen LogP contribution in [0.2, 0.25) is 0 Å². The number of thiophene rings is 1. The summed E-state index contributed by atoms with van der Waals surface area (Å²) in [4.78, 5) is 15.0. The SMILES string of the molecule is CCC(Nc1nc(C)nc(N)n1)c1cc(C)sc1C. The van der Waals surface area contributed by atoms with Crippen molar-refractivity contribution in [3.05, 3.63) is 27.2 Å². The molecular weight excluding hydrogens is 258 g/mol. The van der Waals surface area contributed by atoms with E-state index in [1.165, 1.54) is 15.3 Å². The van der Waals surface area contributed by atoms with Crippen LogP contribution >= 0.6 is 11.3 Å². The summed E-state index contributed by atoms with van der Waals surface area (Å²) in [6, 6.07) is 2.42. The second kappa shape index (κ2) is 5.52. The molecule has 0 radical (unpaired) electrons. The second-order valence-corrected chi connectivity index (χ2v) is 6.00. The van der Waals surface area contributed by atoms with Crippen LogP contribution in [0, 0.1) is 20.8 Å². The lowest BCUT2D eigenvalue weighted by atomic mass is 10.1. The molecule has 3 N–H and O–H groups in total. The van der Waals surface area contributed by atoms with Crippen molar-refractivity contribution in [3.63, 3.8) is 0 Å². The highest BCUT2D eigenvalue weighted by atomic mass is 32.1. The van der Waals surface area contributed by atoms with Crippen LogP contribution in [0.15, 0.2) is 6.07 Å². The molecule has 1 atom stereocenters. The molecule has 2 aromatic rings. The molecule has 2 heterocycles. The van der Waals surface area contributed by atoms with Gasteiger partial charge < -0.3 is 11.1 Å². The third kappa shape index (κ3) is 3.20. The average Bonchev–Trinajstić information content (AvgIpc) is 2.64. The van der Waals surface area contributed by atoms with E-state index in [1.807, 2.05) is 18.3 Å². The molecule has 0 aliphatic carbocycles. The Bertz CT molecular complexity index is 558. The normalized spacial score (nSPS) is 12.4. The fourth-order valence-corrected chi connectivity index (χ4v) is 3.11. The van der Waals surface area contributed by atoms with Crippen LogP contribution in [0.3, 0.4) is 0 Å². The van der Waals surface area contributed by atoms with E-state index in [9.17, 15) is 0 Å². The van der Waals surface area contributed by atoms with Crippen molar-refractivity contribution in [1.29, 1.82) is 0 Å². The second-order valence-electron chi connectivity index (χ2n) is 4.54. The standard InChI is InChI=1S/C13H19N5S/c1-5-11(10-6-7(2)19-8(10)3)17-13-16-9(4)15-12(14)18-13/h6,11H,5H2,1-4H3,(H3,14,15,16,17,18). The Labute approximate surface area is 117 Å². The van der Waals surface area contributed by atoms with Gasteiger partial charge in [0.1, 0.15) is 5.82 Å².